The van der Waals surface area contributed by atoms with Crippen LogP contribution in [0.2, 0.25) is 0 Å². The van der Waals surface area contributed by atoms with E-state index in [1.54, 1.807) is 6.20 Å². The average Bonchev–Trinajstić information content (AvgIpc) is 2.88. The van der Waals surface area contributed by atoms with Gasteiger partial charge in [0.25, 0.3) is 0 Å². The summed E-state index contributed by atoms with van der Waals surface area (Å²) in [4.78, 5) is 8.59. The van der Waals surface area contributed by atoms with E-state index in [2.05, 4.69) is 51.6 Å². The fraction of sp³-hybridized carbons (Fsp3) is 0.312. The average molecular weight is 281 g/mol. The quantitative estimate of drug-likeness (QED) is 0.780. The summed E-state index contributed by atoms with van der Waals surface area (Å²) >= 11 is 0. The molecule has 5 heteroatoms. The number of hydrogen-bond donors (Lipinski definition) is 1. The minimum Gasteiger partial charge on any atom is -0.305 e. The molecule has 1 N–H and O–H groups in total. The van der Waals surface area contributed by atoms with Crippen molar-refractivity contribution in [2.24, 2.45) is 0 Å². The fourth-order valence-electron chi connectivity index (χ4n) is 2.39. The lowest BCUT2D eigenvalue weighted by Gasteiger charge is -2.02. The van der Waals surface area contributed by atoms with Crippen LogP contribution in [-0.4, -0.2) is 19.7 Å². The Morgan fingerprint density at radius 1 is 1.10 bits per heavy atom. The monoisotopic (exact) mass is 281 g/mol. The molecule has 0 atom stereocenters. The highest BCUT2D eigenvalue weighted by atomic mass is 15.3. The minimum absolute atomic E-state index is 0.695. The lowest BCUT2D eigenvalue weighted by Crippen LogP contribution is -2.14. The number of aryl methyl sites for hydroxylation is 2. The molecule has 0 spiro atoms. The van der Waals surface area contributed by atoms with Gasteiger partial charge in [-0.15, -0.1) is 0 Å². The second kappa shape index (κ2) is 6.01. The lowest BCUT2D eigenvalue weighted by atomic mass is 10.2. The largest absolute Gasteiger partial charge is 0.305 e. The minimum atomic E-state index is 0.695. The van der Waals surface area contributed by atoms with Crippen LogP contribution in [0.3, 0.4) is 0 Å². The van der Waals surface area contributed by atoms with Gasteiger partial charge in [-0.25, -0.2) is 0 Å². The van der Waals surface area contributed by atoms with Gasteiger partial charge in [-0.2, -0.15) is 5.10 Å². The van der Waals surface area contributed by atoms with Crippen LogP contribution >= 0.6 is 0 Å². The molecule has 0 aliphatic heterocycles. The molecule has 21 heavy (non-hydrogen) atoms. The van der Waals surface area contributed by atoms with Crippen molar-refractivity contribution >= 4 is 10.9 Å². The van der Waals surface area contributed by atoms with Gasteiger partial charge in [-0.3, -0.25) is 14.6 Å². The third-order valence-corrected chi connectivity index (χ3v) is 3.47. The van der Waals surface area contributed by atoms with Crippen molar-refractivity contribution in [1.29, 1.82) is 0 Å². The predicted molar refractivity (Wildman–Crippen MR) is 82.7 cm³/mol. The molecular weight excluding hydrogens is 262 g/mol. The molecule has 0 bridgehead atoms. The Hall–Kier alpha value is -2.27. The molecule has 0 unspecified atom stereocenters. The second-order valence-electron chi connectivity index (χ2n) is 5.03. The van der Waals surface area contributed by atoms with Crippen LogP contribution in [0.15, 0.2) is 36.7 Å². The molecule has 3 rings (SSSR count). The predicted octanol–water partition coefficient (Wildman–Crippen LogP) is 2.44. The molecule has 0 saturated heterocycles. The third-order valence-electron chi connectivity index (χ3n) is 3.47. The number of rotatable bonds is 5. The SMILES string of the molecule is CCn1nc(CNCc2cnc(C)cn2)c2ccccc21. The Kier molecular flexibility index (Phi) is 3.92. The van der Waals surface area contributed by atoms with Crippen LogP contribution in [0.25, 0.3) is 10.9 Å². The third kappa shape index (κ3) is 2.92. The summed E-state index contributed by atoms with van der Waals surface area (Å²) < 4.78 is 2.04. The number of nitrogens with one attached hydrogen (secondary N) is 1. The summed E-state index contributed by atoms with van der Waals surface area (Å²) in [5.74, 6) is 0. The highest BCUT2D eigenvalue weighted by Gasteiger charge is 2.08. The summed E-state index contributed by atoms with van der Waals surface area (Å²) in [6, 6.07) is 8.34. The van der Waals surface area contributed by atoms with E-state index in [0.717, 1.165) is 30.2 Å². The van der Waals surface area contributed by atoms with Crippen molar-refractivity contribution in [3.05, 3.63) is 53.7 Å². The van der Waals surface area contributed by atoms with Gasteiger partial charge in [-0.05, 0) is 19.9 Å². The zero-order chi connectivity index (χ0) is 14.7. The van der Waals surface area contributed by atoms with Gasteiger partial charge in [0.1, 0.15) is 0 Å². The van der Waals surface area contributed by atoms with Crippen molar-refractivity contribution in [3.8, 4) is 0 Å². The molecule has 5 nitrogen and oxygen atoms in total. The fourth-order valence-corrected chi connectivity index (χ4v) is 2.39. The standard InChI is InChI=1S/C16H19N5/c1-3-21-16-7-5-4-6-14(16)15(20-21)11-17-9-13-10-18-12(2)8-19-13/h4-8,10,17H,3,9,11H2,1-2H3. The molecule has 0 saturated carbocycles. The zero-order valence-corrected chi connectivity index (χ0v) is 12.4. The topological polar surface area (TPSA) is 55.6 Å². The molecule has 2 aromatic heterocycles. The van der Waals surface area contributed by atoms with Crippen LogP contribution in [-0.2, 0) is 19.6 Å². The molecular formula is C16H19N5. The van der Waals surface area contributed by atoms with Gasteiger partial charge < -0.3 is 5.32 Å². The molecule has 3 aromatic rings. The number of aromatic nitrogens is 4. The van der Waals surface area contributed by atoms with Crippen molar-refractivity contribution < 1.29 is 0 Å². The number of para-hydroxylation sites is 1. The van der Waals surface area contributed by atoms with E-state index < -0.39 is 0 Å². The van der Waals surface area contributed by atoms with E-state index in [0.29, 0.717) is 6.54 Å². The van der Waals surface area contributed by atoms with Gasteiger partial charge in [0.15, 0.2) is 0 Å². The van der Waals surface area contributed by atoms with Gasteiger partial charge >= 0.3 is 0 Å². The number of nitrogens with zero attached hydrogens (tertiary/aromatic N) is 4. The summed E-state index contributed by atoms with van der Waals surface area (Å²) in [7, 11) is 0. The second-order valence-corrected chi connectivity index (χ2v) is 5.03. The zero-order valence-electron chi connectivity index (χ0n) is 12.4. The van der Waals surface area contributed by atoms with Crippen molar-refractivity contribution in [2.45, 2.75) is 33.5 Å². The van der Waals surface area contributed by atoms with E-state index in [4.69, 9.17) is 0 Å². The first-order valence-corrected chi connectivity index (χ1v) is 7.20. The van der Waals surface area contributed by atoms with E-state index in [9.17, 15) is 0 Å². The van der Waals surface area contributed by atoms with Crippen molar-refractivity contribution in [1.82, 2.24) is 25.1 Å². The van der Waals surface area contributed by atoms with Crippen LogP contribution in [0.5, 0.6) is 0 Å². The van der Waals surface area contributed by atoms with Gasteiger partial charge in [-0.1, -0.05) is 18.2 Å². The summed E-state index contributed by atoms with van der Waals surface area (Å²) in [5.41, 5.74) is 4.14. The Morgan fingerprint density at radius 3 is 2.71 bits per heavy atom. The maximum atomic E-state index is 4.67. The van der Waals surface area contributed by atoms with E-state index in [-0.39, 0.29) is 0 Å². The lowest BCUT2D eigenvalue weighted by molar-refractivity contribution is 0.626. The first-order chi connectivity index (χ1) is 10.3. The first-order valence-electron chi connectivity index (χ1n) is 7.20. The molecule has 0 radical (unpaired) electrons. The normalized spacial score (nSPS) is 11.1. The van der Waals surface area contributed by atoms with Crippen molar-refractivity contribution in [3.63, 3.8) is 0 Å². The summed E-state index contributed by atoms with van der Waals surface area (Å²) in [6.45, 7) is 6.35. The smallest absolute Gasteiger partial charge is 0.0841 e. The molecule has 0 amide bonds. The van der Waals surface area contributed by atoms with Crippen LogP contribution in [0.1, 0.15) is 24.0 Å². The van der Waals surface area contributed by atoms with Crippen LogP contribution < -0.4 is 5.32 Å². The molecule has 0 fully saturated rings. The van der Waals surface area contributed by atoms with Gasteiger partial charge in [0.2, 0.25) is 0 Å². The summed E-state index contributed by atoms with van der Waals surface area (Å²) in [5, 5.41) is 9.27. The first kappa shape index (κ1) is 13.7. The molecule has 108 valence electrons. The molecule has 2 heterocycles. The molecule has 1 aromatic carbocycles. The Morgan fingerprint density at radius 2 is 1.95 bits per heavy atom. The Balaban J connectivity index is 1.72. The highest BCUT2D eigenvalue weighted by molar-refractivity contribution is 5.81. The molecule has 0 aliphatic rings. The van der Waals surface area contributed by atoms with Crippen molar-refractivity contribution in [2.75, 3.05) is 0 Å². The highest BCUT2D eigenvalue weighted by Crippen LogP contribution is 2.18. The van der Waals surface area contributed by atoms with Crippen LogP contribution in [0.4, 0.5) is 0 Å². The Bertz CT molecular complexity index is 730. The van der Waals surface area contributed by atoms with E-state index in [1.165, 1.54) is 10.9 Å². The van der Waals surface area contributed by atoms with Crippen LogP contribution in [0, 0.1) is 6.92 Å². The van der Waals surface area contributed by atoms with E-state index >= 15 is 0 Å². The molecule has 0 aliphatic carbocycles. The number of benzene rings is 1. The number of hydrogen-bond acceptors (Lipinski definition) is 4. The van der Waals surface area contributed by atoms with Gasteiger partial charge in [0.05, 0.1) is 22.6 Å². The number of fused-ring (bicyclic) bond motifs is 1. The van der Waals surface area contributed by atoms with Gasteiger partial charge in [0, 0.05) is 37.4 Å². The Labute approximate surface area is 124 Å². The maximum absolute atomic E-state index is 4.67. The maximum Gasteiger partial charge on any atom is 0.0841 e. The summed E-state index contributed by atoms with van der Waals surface area (Å²) in [6.07, 6.45) is 3.60. The van der Waals surface area contributed by atoms with E-state index in [1.807, 2.05) is 17.8 Å².